The molecule has 0 bridgehead atoms. The molecule has 0 spiro atoms. The number of benzene rings is 2. The van der Waals surface area contributed by atoms with Crippen molar-refractivity contribution in [1.82, 2.24) is 0 Å². The predicted molar refractivity (Wildman–Crippen MR) is 74.5 cm³/mol. The molecule has 0 unspecified atom stereocenters. The van der Waals surface area contributed by atoms with Crippen LogP contribution in [-0.2, 0) is 6.42 Å². The van der Waals surface area contributed by atoms with Crippen molar-refractivity contribution in [3.63, 3.8) is 0 Å². The summed E-state index contributed by atoms with van der Waals surface area (Å²) in [5, 5.41) is 0. The molecule has 0 aromatic heterocycles. The molecule has 19 heavy (non-hydrogen) atoms. The Morgan fingerprint density at radius 3 is 2.26 bits per heavy atom. The first-order chi connectivity index (χ1) is 9.08. The van der Waals surface area contributed by atoms with Crippen LogP contribution in [0.4, 0.5) is 0 Å². The second-order valence-corrected chi connectivity index (χ2v) is 4.57. The summed E-state index contributed by atoms with van der Waals surface area (Å²) in [5.74, 6) is 0.109. The molecule has 0 heterocycles. The summed E-state index contributed by atoms with van der Waals surface area (Å²) < 4.78 is 0. The van der Waals surface area contributed by atoms with Gasteiger partial charge in [0, 0.05) is 11.1 Å². The largest absolute Gasteiger partial charge is 0.295 e. The Hall–Kier alpha value is -2.22. The molecule has 1 radical (unpaired) electrons. The van der Waals surface area contributed by atoms with Crippen molar-refractivity contribution in [3.05, 3.63) is 70.8 Å². The van der Waals surface area contributed by atoms with Gasteiger partial charge in [-0.1, -0.05) is 36.4 Å². The van der Waals surface area contributed by atoms with E-state index in [0.717, 1.165) is 11.1 Å². The minimum atomic E-state index is 0.0483. The minimum absolute atomic E-state index is 0.0483. The molecule has 0 aliphatic rings. The van der Waals surface area contributed by atoms with Crippen LogP contribution in [0.1, 0.15) is 45.7 Å². The lowest BCUT2D eigenvalue weighted by Crippen LogP contribution is -2.00. The lowest BCUT2D eigenvalue weighted by atomic mass is 9.97. The fourth-order valence-electron chi connectivity index (χ4n) is 2.02. The highest BCUT2D eigenvalue weighted by Gasteiger charge is 2.07. The van der Waals surface area contributed by atoms with Gasteiger partial charge in [-0.25, -0.2) is 0 Å². The Bertz CT molecular complexity index is 609. The van der Waals surface area contributed by atoms with E-state index in [2.05, 4.69) is 6.07 Å². The van der Waals surface area contributed by atoms with E-state index in [9.17, 15) is 9.59 Å². The van der Waals surface area contributed by atoms with Crippen LogP contribution >= 0.6 is 0 Å². The van der Waals surface area contributed by atoms with Crippen molar-refractivity contribution in [3.8, 4) is 0 Å². The normalized spacial score (nSPS) is 10.2. The fraction of sp³-hybridized carbons (Fsp3) is 0.176. The topological polar surface area (TPSA) is 34.1 Å². The van der Waals surface area contributed by atoms with E-state index in [1.807, 2.05) is 36.4 Å². The molecule has 2 aromatic rings. The zero-order chi connectivity index (χ0) is 13.8. The standard InChI is InChI=1S/C17H15O2/c1-12(18)15-9-7-14(8-10-15)11-16-5-3-4-6-17(16)13(2)19/h3,5-10H,11H2,1-2H3. The molecule has 0 aliphatic heterocycles. The number of carbonyl (C=O) groups excluding carboxylic acids is 2. The Labute approximate surface area is 113 Å². The molecule has 0 saturated carbocycles. The van der Waals surface area contributed by atoms with Gasteiger partial charge in [-0.2, -0.15) is 0 Å². The number of rotatable bonds is 4. The monoisotopic (exact) mass is 251 g/mol. The summed E-state index contributed by atoms with van der Waals surface area (Å²) in [4.78, 5) is 22.7. The quantitative estimate of drug-likeness (QED) is 0.779. The molecular weight excluding hydrogens is 236 g/mol. The third-order valence-corrected chi connectivity index (χ3v) is 3.09. The van der Waals surface area contributed by atoms with Gasteiger partial charge in [0.05, 0.1) is 0 Å². The first kappa shape index (κ1) is 13.2. The van der Waals surface area contributed by atoms with Gasteiger partial charge in [-0.3, -0.25) is 9.59 Å². The molecule has 2 aromatic carbocycles. The number of carbonyl (C=O) groups is 2. The smallest absolute Gasteiger partial charge is 0.160 e. The van der Waals surface area contributed by atoms with Crippen LogP contribution in [0.5, 0.6) is 0 Å². The van der Waals surface area contributed by atoms with Crippen molar-refractivity contribution in [2.45, 2.75) is 20.3 Å². The summed E-state index contributed by atoms with van der Waals surface area (Å²) in [6.07, 6.45) is 0.682. The predicted octanol–water partition coefficient (Wildman–Crippen LogP) is 3.48. The zero-order valence-corrected chi connectivity index (χ0v) is 11.1. The number of hydrogen-bond donors (Lipinski definition) is 0. The highest BCUT2D eigenvalue weighted by Crippen LogP contribution is 2.15. The lowest BCUT2D eigenvalue weighted by Gasteiger charge is -2.07. The van der Waals surface area contributed by atoms with Crippen LogP contribution in [-0.4, -0.2) is 11.6 Å². The molecule has 0 atom stereocenters. The van der Waals surface area contributed by atoms with E-state index < -0.39 is 0 Å². The molecule has 2 nitrogen and oxygen atoms in total. The van der Waals surface area contributed by atoms with E-state index in [4.69, 9.17) is 0 Å². The van der Waals surface area contributed by atoms with Crippen molar-refractivity contribution in [1.29, 1.82) is 0 Å². The zero-order valence-electron chi connectivity index (χ0n) is 11.1. The number of Topliss-reactive ketones (excluding diaryl/α,β-unsaturated/α-hetero) is 2. The molecule has 0 N–H and O–H groups in total. The van der Waals surface area contributed by atoms with Crippen molar-refractivity contribution < 1.29 is 9.59 Å². The maximum Gasteiger partial charge on any atom is 0.160 e. The second kappa shape index (κ2) is 5.61. The van der Waals surface area contributed by atoms with Crippen LogP contribution in [0, 0.1) is 6.07 Å². The Morgan fingerprint density at radius 2 is 1.68 bits per heavy atom. The average Bonchev–Trinajstić information content (AvgIpc) is 2.39. The summed E-state index contributed by atoms with van der Waals surface area (Å²) in [5.41, 5.74) is 3.48. The summed E-state index contributed by atoms with van der Waals surface area (Å²) >= 11 is 0. The molecule has 95 valence electrons. The maximum atomic E-state index is 11.5. The van der Waals surface area contributed by atoms with E-state index >= 15 is 0 Å². The molecular formula is C17H15O2. The maximum absolute atomic E-state index is 11.5. The van der Waals surface area contributed by atoms with Crippen LogP contribution in [0.25, 0.3) is 0 Å². The second-order valence-electron chi connectivity index (χ2n) is 4.57. The Morgan fingerprint density at radius 1 is 1.00 bits per heavy atom. The van der Waals surface area contributed by atoms with Gasteiger partial charge in [0.15, 0.2) is 11.6 Å². The van der Waals surface area contributed by atoms with Crippen LogP contribution in [0.2, 0.25) is 0 Å². The molecule has 0 amide bonds. The van der Waals surface area contributed by atoms with Gasteiger partial charge in [-0.05, 0) is 43.5 Å². The van der Waals surface area contributed by atoms with Gasteiger partial charge in [0.25, 0.3) is 0 Å². The van der Waals surface area contributed by atoms with E-state index in [-0.39, 0.29) is 11.6 Å². The summed E-state index contributed by atoms with van der Waals surface area (Å²) in [6, 6.07) is 15.9. The summed E-state index contributed by atoms with van der Waals surface area (Å²) in [7, 11) is 0. The van der Waals surface area contributed by atoms with E-state index in [1.54, 1.807) is 19.9 Å². The molecule has 2 heteroatoms. The molecule has 0 saturated heterocycles. The molecule has 0 aliphatic carbocycles. The van der Waals surface area contributed by atoms with Crippen molar-refractivity contribution in [2.24, 2.45) is 0 Å². The van der Waals surface area contributed by atoms with Crippen LogP contribution < -0.4 is 0 Å². The highest BCUT2D eigenvalue weighted by molar-refractivity contribution is 5.95. The highest BCUT2D eigenvalue weighted by atomic mass is 16.1. The minimum Gasteiger partial charge on any atom is -0.295 e. The van der Waals surface area contributed by atoms with Gasteiger partial charge in [0.2, 0.25) is 0 Å². The first-order valence-electron chi connectivity index (χ1n) is 6.17. The third kappa shape index (κ3) is 3.16. The third-order valence-electron chi connectivity index (χ3n) is 3.09. The average molecular weight is 251 g/mol. The number of ketones is 2. The van der Waals surface area contributed by atoms with E-state index in [0.29, 0.717) is 17.5 Å². The van der Waals surface area contributed by atoms with Gasteiger partial charge < -0.3 is 0 Å². The first-order valence-corrected chi connectivity index (χ1v) is 6.17. The lowest BCUT2D eigenvalue weighted by molar-refractivity contribution is 0.100. The number of hydrogen-bond acceptors (Lipinski definition) is 2. The van der Waals surface area contributed by atoms with Gasteiger partial charge >= 0.3 is 0 Å². The Kier molecular flexibility index (Phi) is 3.91. The molecule has 0 fully saturated rings. The van der Waals surface area contributed by atoms with Crippen molar-refractivity contribution in [2.75, 3.05) is 0 Å². The fourth-order valence-corrected chi connectivity index (χ4v) is 2.02. The Balaban J connectivity index is 2.26. The summed E-state index contributed by atoms with van der Waals surface area (Å²) in [6.45, 7) is 3.11. The molecule has 2 rings (SSSR count). The van der Waals surface area contributed by atoms with Crippen LogP contribution in [0.3, 0.4) is 0 Å². The van der Waals surface area contributed by atoms with Crippen molar-refractivity contribution >= 4 is 11.6 Å². The van der Waals surface area contributed by atoms with Crippen LogP contribution in [0.15, 0.2) is 42.5 Å². The van der Waals surface area contributed by atoms with Gasteiger partial charge in [0.1, 0.15) is 0 Å². The SMILES string of the molecule is CC(=O)c1ccc(Cc2cc[c]cc2C(C)=O)cc1. The van der Waals surface area contributed by atoms with Gasteiger partial charge in [-0.15, -0.1) is 0 Å². The van der Waals surface area contributed by atoms with E-state index in [1.165, 1.54) is 0 Å².